The van der Waals surface area contributed by atoms with E-state index >= 15 is 0 Å². The van der Waals surface area contributed by atoms with Gasteiger partial charge in [0.15, 0.2) is 0 Å². The van der Waals surface area contributed by atoms with Crippen LogP contribution >= 0.6 is 0 Å². The molecule has 102 valence electrons. The summed E-state index contributed by atoms with van der Waals surface area (Å²) in [4.78, 5) is 6.82. The summed E-state index contributed by atoms with van der Waals surface area (Å²) >= 11 is 0. The van der Waals surface area contributed by atoms with Crippen LogP contribution in [-0.2, 0) is 6.54 Å². The number of likely N-dealkylation sites (N-methyl/N-ethyl adjacent to an activating group) is 1. The number of pyridine rings is 1. The molecule has 0 spiro atoms. The molecule has 2 rings (SSSR count). The quantitative estimate of drug-likeness (QED) is 0.799. The zero-order valence-electron chi connectivity index (χ0n) is 12.0. The second-order valence-electron chi connectivity index (χ2n) is 4.85. The Morgan fingerprint density at radius 1 is 1.26 bits per heavy atom. The van der Waals surface area contributed by atoms with Crippen LogP contribution in [0.4, 0.5) is 0 Å². The van der Waals surface area contributed by atoms with E-state index in [2.05, 4.69) is 48.0 Å². The van der Waals surface area contributed by atoms with Crippen molar-refractivity contribution in [1.82, 2.24) is 19.7 Å². The highest BCUT2D eigenvalue weighted by molar-refractivity contribution is 5.08. The molecule has 0 aliphatic rings. The van der Waals surface area contributed by atoms with E-state index in [4.69, 9.17) is 0 Å². The predicted octanol–water partition coefficient (Wildman–Crippen LogP) is 2.67. The molecule has 0 saturated heterocycles. The second-order valence-corrected chi connectivity index (χ2v) is 4.85. The molecule has 0 aromatic carbocycles. The van der Waals surface area contributed by atoms with E-state index in [-0.39, 0.29) is 0 Å². The van der Waals surface area contributed by atoms with Gasteiger partial charge in [0, 0.05) is 24.6 Å². The van der Waals surface area contributed by atoms with Crippen LogP contribution in [0.3, 0.4) is 0 Å². The Morgan fingerprint density at radius 3 is 2.68 bits per heavy atom. The first-order valence-corrected chi connectivity index (χ1v) is 6.82. The van der Waals surface area contributed by atoms with Gasteiger partial charge in [-0.1, -0.05) is 13.0 Å². The normalized spacial score (nSPS) is 12.8. The lowest BCUT2D eigenvalue weighted by atomic mass is 10.1. The van der Waals surface area contributed by atoms with Crippen LogP contribution in [0.15, 0.2) is 36.7 Å². The van der Waals surface area contributed by atoms with E-state index in [1.54, 1.807) is 0 Å². The molecular formula is C15H22N4. The molecule has 0 radical (unpaired) electrons. The molecule has 0 fully saturated rings. The first-order chi connectivity index (χ1) is 9.22. The van der Waals surface area contributed by atoms with Gasteiger partial charge in [0.05, 0.1) is 18.3 Å². The van der Waals surface area contributed by atoms with Crippen LogP contribution in [0.5, 0.6) is 0 Å². The van der Waals surface area contributed by atoms with E-state index in [0.717, 1.165) is 25.2 Å². The maximum Gasteiger partial charge on any atom is 0.0575 e. The molecule has 0 aliphatic heterocycles. The highest BCUT2D eigenvalue weighted by Crippen LogP contribution is 2.20. The van der Waals surface area contributed by atoms with Crippen molar-refractivity contribution in [3.63, 3.8) is 0 Å². The number of aryl methyl sites for hydroxylation is 1. The minimum Gasteiger partial charge on any atom is -0.296 e. The molecule has 1 unspecified atom stereocenters. The molecule has 0 amide bonds. The fraction of sp³-hybridized carbons (Fsp3) is 0.467. The zero-order valence-corrected chi connectivity index (χ0v) is 12.0. The van der Waals surface area contributed by atoms with Gasteiger partial charge in [-0.2, -0.15) is 5.10 Å². The third kappa shape index (κ3) is 3.41. The van der Waals surface area contributed by atoms with E-state index < -0.39 is 0 Å². The molecule has 4 nitrogen and oxygen atoms in total. The largest absolute Gasteiger partial charge is 0.296 e. The van der Waals surface area contributed by atoms with Gasteiger partial charge >= 0.3 is 0 Å². The topological polar surface area (TPSA) is 34.0 Å². The fourth-order valence-corrected chi connectivity index (χ4v) is 2.36. The molecule has 2 heterocycles. The van der Waals surface area contributed by atoms with Gasteiger partial charge in [0.1, 0.15) is 0 Å². The highest BCUT2D eigenvalue weighted by atomic mass is 15.3. The monoisotopic (exact) mass is 258 g/mol. The maximum atomic E-state index is 4.47. The van der Waals surface area contributed by atoms with Crippen molar-refractivity contribution in [1.29, 1.82) is 0 Å². The molecular weight excluding hydrogens is 236 g/mol. The summed E-state index contributed by atoms with van der Waals surface area (Å²) in [5.74, 6) is 0. The molecule has 2 aromatic heterocycles. The lowest BCUT2D eigenvalue weighted by Gasteiger charge is -2.26. The predicted molar refractivity (Wildman–Crippen MR) is 76.9 cm³/mol. The molecule has 0 saturated carbocycles. The van der Waals surface area contributed by atoms with Crippen LogP contribution in [0, 0.1) is 6.92 Å². The van der Waals surface area contributed by atoms with Gasteiger partial charge in [-0.05, 0) is 38.6 Å². The molecule has 19 heavy (non-hydrogen) atoms. The Balaban J connectivity index is 1.98. The summed E-state index contributed by atoms with van der Waals surface area (Å²) in [6, 6.07) is 8.52. The lowest BCUT2D eigenvalue weighted by Crippen LogP contribution is -2.28. The van der Waals surface area contributed by atoms with Crippen molar-refractivity contribution in [2.75, 3.05) is 13.6 Å². The highest BCUT2D eigenvalue weighted by Gasteiger charge is 2.15. The summed E-state index contributed by atoms with van der Waals surface area (Å²) in [6.45, 7) is 6.17. The molecule has 0 aliphatic carbocycles. The van der Waals surface area contributed by atoms with Crippen LogP contribution in [0.2, 0.25) is 0 Å². The summed E-state index contributed by atoms with van der Waals surface area (Å²) in [5.41, 5.74) is 2.35. The third-order valence-corrected chi connectivity index (χ3v) is 3.54. The van der Waals surface area contributed by atoms with E-state index in [1.807, 2.05) is 29.2 Å². The summed E-state index contributed by atoms with van der Waals surface area (Å²) in [6.07, 6.45) is 4.78. The van der Waals surface area contributed by atoms with Crippen molar-refractivity contribution < 1.29 is 0 Å². The Morgan fingerprint density at radius 2 is 2.11 bits per heavy atom. The average Bonchev–Trinajstić information content (AvgIpc) is 2.84. The second kappa shape index (κ2) is 6.48. The molecule has 0 N–H and O–H groups in total. The van der Waals surface area contributed by atoms with Crippen LogP contribution < -0.4 is 0 Å². The number of rotatable bonds is 6. The Bertz CT molecular complexity index is 492. The summed E-state index contributed by atoms with van der Waals surface area (Å²) < 4.78 is 2.04. The zero-order chi connectivity index (χ0) is 13.7. The van der Waals surface area contributed by atoms with Crippen LogP contribution in [-0.4, -0.2) is 33.3 Å². The van der Waals surface area contributed by atoms with Gasteiger partial charge in [-0.25, -0.2) is 0 Å². The van der Waals surface area contributed by atoms with Gasteiger partial charge in [-0.3, -0.25) is 14.6 Å². The average molecular weight is 258 g/mol. The Labute approximate surface area is 115 Å². The van der Waals surface area contributed by atoms with E-state index in [0.29, 0.717) is 6.04 Å². The fourth-order valence-electron chi connectivity index (χ4n) is 2.36. The Hall–Kier alpha value is -1.68. The van der Waals surface area contributed by atoms with Gasteiger partial charge in [0.2, 0.25) is 0 Å². The van der Waals surface area contributed by atoms with Crippen LogP contribution in [0.1, 0.15) is 30.8 Å². The van der Waals surface area contributed by atoms with Gasteiger partial charge in [-0.15, -0.1) is 0 Å². The summed E-state index contributed by atoms with van der Waals surface area (Å²) in [5, 5.41) is 4.32. The number of nitrogens with zero attached hydrogens (tertiary/aromatic N) is 4. The van der Waals surface area contributed by atoms with E-state index in [1.165, 1.54) is 5.69 Å². The molecule has 2 aromatic rings. The van der Waals surface area contributed by atoms with Crippen molar-refractivity contribution >= 4 is 0 Å². The number of hydrogen-bond donors (Lipinski definition) is 0. The standard InChI is InChI=1S/C15H22N4/c1-4-15(14-7-5-6-9-16-14)18(3)11-12-19-13(2)8-10-17-19/h5-10,15H,4,11-12H2,1-3H3. The minimum absolute atomic E-state index is 0.372. The number of hydrogen-bond acceptors (Lipinski definition) is 3. The first kappa shape index (κ1) is 13.7. The van der Waals surface area contributed by atoms with Crippen molar-refractivity contribution in [3.05, 3.63) is 48.0 Å². The first-order valence-electron chi connectivity index (χ1n) is 6.82. The third-order valence-electron chi connectivity index (χ3n) is 3.54. The Kier molecular flexibility index (Phi) is 4.68. The SMILES string of the molecule is CCC(c1ccccn1)N(C)CCn1nccc1C. The molecule has 4 heteroatoms. The molecule has 0 bridgehead atoms. The van der Waals surface area contributed by atoms with Crippen LogP contribution in [0.25, 0.3) is 0 Å². The minimum atomic E-state index is 0.372. The van der Waals surface area contributed by atoms with Gasteiger partial charge in [0.25, 0.3) is 0 Å². The van der Waals surface area contributed by atoms with Gasteiger partial charge < -0.3 is 0 Å². The maximum absolute atomic E-state index is 4.47. The van der Waals surface area contributed by atoms with Crippen molar-refractivity contribution in [3.8, 4) is 0 Å². The summed E-state index contributed by atoms with van der Waals surface area (Å²) in [7, 11) is 2.15. The van der Waals surface area contributed by atoms with E-state index in [9.17, 15) is 0 Å². The van der Waals surface area contributed by atoms with Crippen molar-refractivity contribution in [2.45, 2.75) is 32.9 Å². The lowest BCUT2D eigenvalue weighted by molar-refractivity contribution is 0.222. The smallest absolute Gasteiger partial charge is 0.0575 e. The molecule has 1 atom stereocenters. The van der Waals surface area contributed by atoms with Crippen molar-refractivity contribution in [2.24, 2.45) is 0 Å². The number of aromatic nitrogens is 3.